The largest absolute Gasteiger partial charge is 0.480 e. The molecule has 5 rings (SSSR count). The summed E-state index contributed by atoms with van der Waals surface area (Å²) < 4.78 is 7.67. The number of nitrogens with zero attached hydrogens (tertiary/aromatic N) is 6. The zero-order chi connectivity index (χ0) is 39.9. The van der Waals surface area contributed by atoms with E-state index in [1.165, 1.54) is 12.7 Å². The number of fused-ring (bicyclic) bond motifs is 2. The molecule has 56 heavy (non-hydrogen) atoms. The van der Waals surface area contributed by atoms with Crippen LogP contribution in [0.5, 0.6) is 0 Å². The lowest BCUT2D eigenvalue weighted by Gasteiger charge is -2.16. The van der Waals surface area contributed by atoms with E-state index in [9.17, 15) is 24.6 Å². The Balaban J connectivity index is 0.881. The maximum Gasteiger partial charge on any atom is 0.320 e. The van der Waals surface area contributed by atoms with Crippen molar-refractivity contribution in [2.24, 2.45) is 15.7 Å². The van der Waals surface area contributed by atoms with Crippen LogP contribution in [0.15, 0.2) is 22.6 Å². The predicted molar refractivity (Wildman–Crippen MR) is 220 cm³/mol. The number of rotatable bonds is 25. The summed E-state index contributed by atoms with van der Waals surface area (Å²) in [6.45, 7) is 1.51. The standard InChI is InChI=1S/C37H58N10O7S2/c1-56(19-14-24(38)36(51)52)21-26-31(49)32(50)35(54-26)47-23-44-30-33(42-22-43-34(30)47)41-18-10-4-2-3-8-15-39-16-9-5-11-17-40-28(48)13-7-6-12-27-29-25(20-55-27)45-37(53)46-29/h15,18,22-27,29,31-32,35,49-50H,2-14,16-17,19-21,38H2,1H3,(H3-,40,45,46,48,51,52,53)/p+1/t24-,25?,26+,27+,29?,31+,32+,35+,56?/m0/s1. The third-order valence-electron chi connectivity index (χ3n) is 10.4. The van der Waals surface area contributed by atoms with Crippen molar-refractivity contribution in [3.63, 3.8) is 0 Å². The number of nitrogens with two attached hydrogens (primary N) is 1. The molecule has 3 aliphatic heterocycles. The van der Waals surface area contributed by atoms with Gasteiger partial charge in [-0.15, -0.1) is 0 Å². The van der Waals surface area contributed by atoms with Gasteiger partial charge in [-0.25, -0.2) is 24.7 Å². The van der Waals surface area contributed by atoms with E-state index in [4.69, 9.17) is 15.6 Å². The lowest BCUT2D eigenvalue weighted by atomic mass is 10.0. The van der Waals surface area contributed by atoms with Gasteiger partial charge in [-0.3, -0.25) is 19.1 Å². The number of carboxylic acid groups (broad SMARTS) is 1. The molecular weight excluding hydrogens is 761 g/mol. The van der Waals surface area contributed by atoms with Gasteiger partial charge >= 0.3 is 12.0 Å². The van der Waals surface area contributed by atoms with Crippen molar-refractivity contribution in [1.29, 1.82) is 0 Å². The van der Waals surface area contributed by atoms with Gasteiger partial charge in [-0.05, 0) is 74.9 Å². The summed E-state index contributed by atoms with van der Waals surface area (Å²) in [5, 5.41) is 40.1. The summed E-state index contributed by atoms with van der Waals surface area (Å²) in [5.41, 5.74) is 6.54. The molecule has 0 aromatic carbocycles. The number of nitrogens with one attached hydrogen (secondary N) is 3. The van der Waals surface area contributed by atoms with E-state index in [1.54, 1.807) is 4.57 Å². The molecule has 0 spiro atoms. The summed E-state index contributed by atoms with van der Waals surface area (Å²) in [6, 6.07) is -0.506. The van der Waals surface area contributed by atoms with Crippen LogP contribution in [0.2, 0.25) is 0 Å². The molecule has 0 bridgehead atoms. The van der Waals surface area contributed by atoms with Crippen molar-refractivity contribution in [1.82, 2.24) is 35.5 Å². The van der Waals surface area contributed by atoms with Crippen LogP contribution >= 0.6 is 11.8 Å². The van der Waals surface area contributed by atoms with Crippen LogP contribution in [0, 0.1) is 0 Å². The number of aliphatic hydroxyl groups is 2. The minimum Gasteiger partial charge on any atom is -0.480 e. The molecule has 0 saturated carbocycles. The number of hydrogen-bond acceptors (Lipinski definition) is 13. The number of hydrogen-bond donors (Lipinski definition) is 7. The Hall–Kier alpha value is -3.36. The number of carbonyl (C=O) groups excluding carboxylic acids is 2. The Labute approximate surface area is 335 Å². The van der Waals surface area contributed by atoms with Gasteiger partial charge in [0, 0.05) is 43.1 Å². The molecule has 310 valence electrons. The topological polar surface area (TPSA) is 252 Å². The molecule has 3 unspecified atom stereocenters. The number of aliphatic carboxylic acids is 1. The Morgan fingerprint density at radius 2 is 1.89 bits per heavy atom. The number of thioether (sulfide) groups is 1. The van der Waals surface area contributed by atoms with E-state index < -0.39 is 36.6 Å². The van der Waals surface area contributed by atoms with Crippen molar-refractivity contribution >= 4 is 70.0 Å². The fraction of sp³-hybridized carbons (Fsp3) is 0.730. The van der Waals surface area contributed by atoms with Crippen LogP contribution in [-0.4, -0.2) is 143 Å². The van der Waals surface area contributed by atoms with E-state index in [0.717, 1.165) is 82.9 Å². The van der Waals surface area contributed by atoms with Crippen molar-refractivity contribution in [3.8, 4) is 0 Å². The Kier molecular flexibility index (Phi) is 17.6. The highest BCUT2D eigenvalue weighted by Crippen LogP contribution is 2.34. The summed E-state index contributed by atoms with van der Waals surface area (Å²) in [4.78, 5) is 56.9. The van der Waals surface area contributed by atoms with Crippen LogP contribution in [0.3, 0.4) is 0 Å². The summed E-state index contributed by atoms with van der Waals surface area (Å²) in [7, 11) is -0.272. The van der Waals surface area contributed by atoms with E-state index in [0.29, 0.717) is 53.1 Å². The van der Waals surface area contributed by atoms with Crippen LogP contribution < -0.4 is 21.7 Å². The van der Waals surface area contributed by atoms with E-state index in [-0.39, 0.29) is 34.9 Å². The Morgan fingerprint density at radius 3 is 2.71 bits per heavy atom. The fourth-order valence-corrected chi connectivity index (χ4v) is 10.3. The van der Waals surface area contributed by atoms with Crippen molar-refractivity contribution in [3.05, 3.63) is 12.7 Å². The van der Waals surface area contributed by atoms with Crippen LogP contribution in [0.1, 0.15) is 89.7 Å². The minimum atomic E-state index is -1.20. The van der Waals surface area contributed by atoms with Gasteiger partial charge in [0.15, 0.2) is 23.2 Å². The second-order valence-electron chi connectivity index (χ2n) is 14.8. The second-order valence-corrected chi connectivity index (χ2v) is 18.3. The van der Waals surface area contributed by atoms with E-state index in [2.05, 4.69) is 40.9 Å². The highest BCUT2D eigenvalue weighted by molar-refractivity contribution is 8.00. The first kappa shape index (κ1) is 43.8. The molecular formula is C37H59N10O7S2+. The van der Waals surface area contributed by atoms with Crippen molar-refractivity contribution in [2.75, 3.05) is 36.6 Å². The molecule has 2 aromatic rings. The van der Waals surface area contributed by atoms with Gasteiger partial charge in [0.1, 0.15) is 42.2 Å². The average Bonchev–Trinajstić information content (AvgIpc) is 3.94. The maximum absolute atomic E-state index is 12.2. The number of urea groups is 1. The molecule has 3 aliphatic rings. The molecule has 8 N–H and O–H groups in total. The normalized spacial score (nSPS) is 25.9. The first-order valence-electron chi connectivity index (χ1n) is 19.8. The maximum atomic E-state index is 12.2. The SMILES string of the molecule is C[S+](CC[C@H](N)C(=O)O)C[C@H]1O[C@@H](n2cnc3c(N=CCCCCCC=NCCCCCNC(=O)CCCC[C@H]4SCC5NC(=O)NC54)ncnc32)[C@H](O)[C@@H]1O. The summed E-state index contributed by atoms with van der Waals surface area (Å²) >= 11 is 1.91. The number of aliphatic imine (C=N–C) groups is 2. The predicted octanol–water partition coefficient (Wildman–Crippen LogP) is 2.23. The van der Waals surface area contributed by atoms with Gasteiger partial charge in [0.05, 0.1) is 24.7 Å². The van der Waals surface area contributed by atoms with E-state index in [1.807, 2.05) is 30.4 Å². The van der Waals surface area contributed by atoms with Gasteiger partial charge < -0.3 is 41.7 Å². The second kappa shape index (κ2) is 22.5. The number of unbranched alkanes of at least 4 members (excludes halogenated alkanes) is 7. The first-order valence-corrected chi connectivity index (χ1v) is 22.9. The highest BCUT2D eigenvalue weighted by atomic mass is 32.2. The number of aliphatic hydroxyl groups excluding tert-OH is 2. The summed E-state index contributed by atoms with van der Waals surface area (Å²) in [5.74, 6) is 1.50. The molecule has 3 amide bonds. The minimum absolute atomic E-state index is 0.0548. The number of imidazole rings is 1. The molecule has 5 heterocycles. The van der Waals surface area contributed by atoms with Crippen LogP contribution in [-0.2, 0) is 25.2 Å². The number of aromatic nitrogens is 4. The third-order valence-corrected chi connectivity index (χ3v) is 13.7. The lowest BCUT2D eigenvalue weighted by Crippen LogP contribution is -2.37. The van der Waals surface area contributed by atoms with Gasteiger partial charge in [-0.1, -0.05) is 12.8 Å². The highest BCUT2D eigenvalue weighted by Gasteiger charge is 2.47. The first-order chi connectivity index (χ1) is 27.1. The number of carboxylic acids is 1. The zero-order valence-electron chi connectivity index (χ0n) is 32.2. The monoisotopic (exact) mass is 819 g/mol. The van der Waals surface area contributed by atoms with E-state index >= 15 is 0 Å². The number of amides is 3. The number of carbonyl (C=O) groups is 3. The number of ether oxygens (including phenoxy) is 1. The zero-order valence-corrected chi connectivity index (χ0v) is 33.8. The molecule has 0 radical (unpaired) electrons. The molecule has 3 saturated heterocycles. The van der Waals surface area contributed by atoms with Crippen molar-refractivity contribution < 1.29 is 34.4 Å². The molecule has 2 aromatic heterocycles. The average molecular weight is 820 g/mol. The quantitative estimate of drug-likeness (QED) is 0.0330. The van der Waals surface area contributed by atoms with Crippen LogP contribution in [0.4, 0.5) is 10.6 Å². The Morgan fingerprint density at radius 1 is 1.09 bits per heavy atom. The van der Waals surface area contributed by atoms with Gasteiger partial charge in [0.25, 0.3) is 0 Å². The molecule has 17 nitrogen and oxygen atoms in total. The fourth-order valence-electron chi connectivity index (χ4n) is 7.11. The summed E-state index contributed by atoms with van der Waals surface area (Å²) in [6.07, 6.45) is 16.4. The molecule has 3 fully saturated rings. The smallest absolute Gasteiger partial charge is 0.320 e. The van der Waals surface area contributed by atoms with Gasteiger partial charge in [0.2, 0.25) is 5.91 Å². The third kappa shape index (κ3) is 12.8. The van der Waals surface area contributed by atoms with Crippen molar-refractivity contribution in [2.45, 2.75) is 131 Å². The molecule has 0 aliphatic carbocycles. The lowest BCUT2D eigenvalue weighted by molar-refractivity contribution is -0.138. The Bertz CT molecular complexity index is 1630. The molecule has 9 atom stereocenters. The van der Waals surface area contributed by atoms with Crippen LogP contribution in [0.25, 0.3) is 11.2 Å². The molecule has 19 heteroatoms. The van der Waals surface area contributed by atoms with Gasteiger partial charge in [-0.2, -0.15) is 11.8 Å².